The Morgan fingerprint density at radius 2 is 2.24 bits per heavy atom. The van der Waals surface area contributed by atoms with E-state index in [1.807, 2.05) is 12.1 Å². The molecule has 0 aliphatic carbocycles. The lowest BCUT2D eigenvalue weighted by molar-refractivity contribution is 0.0944. The molecule has 25 heavy (non-hydrogen) atoms. The molecule has 0 atom stereocenters. The Morgan fingerprint density at radius 1 is 1.36 bits per heavy atom. The van der Waals surface area contributed by atoms with Crippen molar-refractivity contribution in [1.82, 2.24) is 25.8 Å². The van der Waals surface area contributed by atoms with Crippen LogP contribution in [0.1, 0.15) is 27.3 Å². The molecular formula is C17H22N6O2. The molecule has 1 fully saturated rings. The molecule has 4 heterocycles. The highest BCUT2D eigenvalue weighted by atomic mass is 16.5. The Hall–Kier alpha value is -2.45. The number of nitrogens with one attached hydrogen (secondary N) is 3. The van der Waals surface area contributed by atoms with Crippen LogP contribution in [-0.4, -0.2) is 53.9 Å². The zero-order valence-electron chi connectivity index (χ0n) is 14.0. The Labute approximate surface area is 146 Å². The minimum Gasteiger partial charge on any atom is -0.378 e. The first kappa shape index (κ1) is 16.0. The fourth-order valence-corrected chi connectivity index (χ4v) is 3.30. The number of H-pyrrole nitrogens is 1. The largest absolute Gasteiger partial charge is 0.378 e. The number of carbonyl (C=O) groups excluding carboxylic acids is 1. The van der Waals surface area contributed by atoms with Gasteiger partial charge in [0.15, 0.2) is 5.69 Å². The normalized spacial score (nSPS) is 17.2. The van der Waals surface area contributed by atoms with Crippen LogP contribution < -0.4 is 15.5 Å². The molecule has 1 amide bonds. The average molecular weight is 342 g/mol. The van der Waals surface area contributed by atoms with Gasteiger partial charge in [0, 0.05) is 62.2 Å². The summed E-state index contributed by atoms with van der Waals surface area (Å²) < 4.78 is 5.40. The van der Waals surface area contributed by atoms with Gasteiger partial charge in [-0.05, 0) is 6.07 Å². The van der Waals surface area contributed by atoms with E-state index in [1.165, 1.54) is 0 Å². The topological polar surface area (TPSA) is 95.2 Å². The van der Waals surface area contributed by atoms with Crippen LogP contribution in [0.4, 0.5) is 5.82 Å². The summed E-state index contributed by atoms with van der Waals surface area (Å²) in [5, 5.41) is 13.4. The number of pyridine rings is 1. The van der Waals surface area contributed by atoms with Crippen molar-refractivity contribution in [2.45, 2.75) is 19.5 Å². The molecule has 0 aromatic carbocycles. The highest BCUT2D eigenvalue weighted by Crippen LogP contribution is 2.19. The molecule has 0 unspecified atom stereocenters. The maximum absolute atomic E-state index is 12.6. The van der Waals surface area contributed by atoms with Crippen LogP contribution >= 0.6 is 0 Å². The second kappa shape index (κ2) is 7.20. The average Bonchev–Trinajstić information content (AvgIpc) is 3.11. The van der Waals surface area contributed by atoms with Gasteiger partial charge in [-0.3, -0.25) is 9.89 Å². The zero-order valence-corrected chi connectivity index (χ0v) is 14.0. The highest BCUT2D eigenvalue weighted by molar-refractivity contribution is 5.94. The number of amides is 1. The molecule has 2 aliphatic rings. The summed E-state index contributed by atoms with van der Waals surface area (Å²) in [5.41, 5.74) is 3.52. The number of aromatic amines is 1. The minimum atomic E-state index is -0.155. The summed E-state index contributed by atoms with van der Waals surface area (Å²) in [6.45, 7) is 5.06. The first-order valence-electron chi connectivity index (χ1n) is 8.64. The molecule has 0 saturated carbocycles. The van der Waals surface area contributed by atoms with Crippen LogP contribution in [0.15, 0.2) is 18.3 Å². The van der Waals surface area contributed by atoms with Crippen LogP contribution in [0.5, 0.6) is 0 Å². The van der Waals surface area contributed by atoms with Crippen LogP contribution in [0.25, 0.3) is 0 Å². The van der Waals surface area contributed by atoms with Crippen LogP contribution in [0.3, 0.4) is 0 Å². The van der Waals surface area contributed by atoms with Crippen LogP contribution in [0, 0.1) is 0 Å². The second-order valence-corrected chi connectivity index (χ2v) is 6.22. The number of carbonyl (C=O) groups is 1. The van der Waals surface area contributed by atoms with E-state index in [1.54, 1.807) is 6.20 Å². The van der Waals surface area contributed by atoms with Gasteiger partial charge in [0.05, 0.1) is 13.2 Å². The van der Waals surface area contributed by atoms with Crippen LogP contribution in [-0.2, 0) is 24.2 Å². The molecule has 4 rings (SSSR count). The maximum atomic E-state index is 12.6. The predicted molar refractivity (Wildman–Crippen MR) is 92.4 cm³/mol. The number of rotatable bonds is 4. The van der Waals surface area contributed by atoms with E-state index in [2.05, 4.69) is 30.7 Å². The number of nitrogens with zero attached hydrogens (tertiary/aromatic N) is 3. The molecule has 8 heteroatoms. The van der Waals surface area contributed by atoms with Gasteiger partial charge in [-0.15, -0.1) is 0 Å². The van der Waals surface area contributed by atoms with Crippen molar-refractivity contribution in [3.63, 3.8) is 0 Å². The number of fused-ring (bicyclic) bond motifs is 1. The number of ether oxygens (including phenoxy) is 1. The standard InChI is InChI=1S/C17H22N6O2/c24-17(15-13-11-18-5-3-14(13)21-22-15)20-10-12-2-1-4-19-16(12)23-6-8-25-9-7-23/h1-2,4,18H,3,5-11H2,(H,20,24)(H,21,22). The summed E-state index contributed by atoms with van der Waals surface area (Å²) in [5.74, 6) is 0.759. The Kier molecular flexibility index (Phi) is 4.62. The molecule has 0 bridgehead atoms. The summed E-state index contributed by atoms with van der Waals surface area (Å²) in [6.07, 6.45) is 2.66. The Bertz CT molecular complexity index is 753. The van der Waals surface area contributed by atoms with Gasteiger partial charge in [0.1, 0.15) is 5.82 Å². The third-order valence-corrected chi connectivity index (χ3v) is 4.64. The van der Waals surface area contributed by atoms with E-state index in [-0.39, 0.29) is 5.91 Å². The molecule has 0 spiro atoms. The summed E-state index contributed by atoms with van der Waals surface area (Å²) in [6, 6.07) is 3.89. The number of hydrogen-bond donors (Lipinski definition) is 3. The zero-order chi connectivity index (χ0) is 17.1. The summed E-state index contributed by atoms with van der Waals surface area (Å²) in [7, 11) is 0. The Morgan fingerprint density at radius 3 is 3.12 bits per heavy atom. The van der Waals surface area contributed by atoms with Crippen molar-refractivity contribution in [2.75, 3.05) is 37.7 Å². The monoisotopic (exact) mass is 342 g/mol. The van der Waals surface area contributed by atoms with Crippen molar-refractivity contribution in [3.05, 3.63) is 40.8 Å². The lowest BCUT2D eigenvalue weighted by atomic mass is 10.1. The number of aromatic nitrogens is 3. The van der Waals surface area contributed by atoms with Crippen LogP contribution in [0.2, 0.25) is 0 Å². The van der Waals surface area contributed by atoms with Gasteiger partial charge >= 0.3 is 0 Å². The van der Waals surface area contributed by atoms with E-state index >= 15 is 0 Å². The number of morpholine rings is 1. The van der Waals surface area contributed by atoms with Gasteiger partial charge in [0.2, 0.25) is 0 Å². The molecule has 2 aromatic heterocycles. The molecule has 3 N–H and O–H groups in total. The van der Waals surface area contributed by atoms with Gasteiger partial charge in [-0.25, -0.2) is 4.98 Å². The first-order valence-corrected chi connectivity index (χ1v) is 8.64. The van der Waals surface area contributed by atoms with Gasteiger partial charge in [-0.2, -0.15) is 5.10 Å². The molecule has 2 aromatic rings. The van der Waals surface area contributed by atoms with Crippen molar-refractivity contribution >= 4 is 11.7 Å². The first-order chi connectivity index (χ1) is 12.3. The third kappa shape index (κ3) is 3.35. The lowest BCUT2D eigenvalue weighted by Crippen LogP contribution is -2.38. The van der Waals surface area contributed by atoms with Crippen molar-refractivity contribution in [3.8, 4) is 0 Å². The summed E-state index contributed by atoms with van der Waals surface area (Å²) in [4.78, 5) is 19.3. The van der Waals surface area contributed by atoms with E-state index in [0.29, 0.717) is 32.0 Å². The van der Waals surface area contributed by atoms with Gasteiger partial charge < -0.3 is 20.3 Å². The van der Waals surface area contributed by atoms with Crippen molar-refractivity contribution in [1.29, 1.82) is 0 Å². The van der Waals surface area contributed by atoms with E-state index < -0.39 is 0 Å². The SMILES string of the molecule is O=C(NCc1cccnc1N1CCOCC1)c1n[nH]c2c1CNCC2. The quantitative estimate of drug-likeness (QED) is 0.736. The van der Waals surface area contributed by atoms with E-state index in [9.17, 15) is 4.79 Å². The lowest BCUT2D eigenvalue weighted by Gasteiger charge is -2.29. The van der Waals surface area contributed by atoms with Gasteiger partial charge in [-0.1, -0.05) is 6.07 Å². The smallest absolute Gasteiger partial charge is 0.272 e. The van der Waals surface area contributed by atoms with Crippen molar-refractivity contribution in [2.24, 2.45) is 0 Å². The molecule has 2 aliphatic heterocycles. The molecule has 132 valence electrons. The van der Waals surface area contributed by atoms with Gasteiger partial charge in [0.25, 0.3) is 5.91 Å². The third-order valence-electron chi connectivity index (χ3n) is 4.64. The highest BCUT2D eigenvalue weighted by Gasteiger charge is 2.22. The number of anilines is 1. The Balaban J connectivity index is 1.46. The predicted octanol–water partition coefficient (Wildman–Crippen LogP) is 0.217. The van der Waals surface area contributed by atoms with E-state index in [0.717, 1.165) is 48.7 Å². The fourth-order valence-electron chi connectivity index (χ4n) is 3.30. The minimum absolute atomic E-state index is 0.155. The summed E-state index contributed by atoms with van der Waals surface area (Å²) >= 11 is 0. The molecular weight excluding hydrogens is 320 g/mol. The fraction of sp³-hybridized carbons (Fsp3) is 0.471. The number of hydrogen-bond acceptors (Lipinski definition) is 6. The molecule has 1 saturated heterocycles. The second-order valence-electron chi connectivity index (χ2n) is 6.22. The van der Waals surface area contributed by atoms with E-state index in [4.69, 9.17) is 4.74 Å². The molecule has 8 nitrogen and oxygen atoms in total. The molecule has 0 radical (unpaired) electrons. The van der Waals surface area contributed by atoms with Crippen molar-refractivity contribution < 1.29 is 9.53 Å². The maximum Gasteiger partial charge on any atom is 0.272 e.